The number of ether oxygens (including phenoxy) is 1. The van der Waals surface area contributed by atoms with E-state index in [2.05, 4.69) is 5.32 Å². The maximum absolute atomic E-state index is 12.1. The molecule has 0 saturated heterocycles. The summed E-state index contributed by atoms with van der Waals surface area (Å²) in [5.41, 5.74) is 1.26. The van der Waals surface area contributed by atoms with Gasteiger partial charge in [-0.15, -0.1) is 11.6 Å². The highest BCUT2D eigenvalue weighted by Crippen LogP contribution is 2.27. The molecule has 0 saturated carbocycles. The van der Waals surface area contributed by atoms with Crippen LogP contribution in [0.5, 0.6) is 5.75 Å². The molecule has 0 heterocycles. The molecule has 0 aliphatic carbocycles. The van der Waals surface area contributed by atoms with Crippen molar-refractivity contribution in [2.45, 2.75) is 40.0 Å². The molecule has 1 rings (SSSR count). The van der Waals surface area contributed by atoms with Gasteiger partial charge in [-0.25, -0.2) is 0 Å². The van der Waals surface area contributed by atoms with Crippen LogP contribution < -0.4 is 10.1 Å². The Kier molecular flexibility index (Phi) is 5.67. The van der Waals surface area contributed by atoms with E-state index in [9.17, 15) is 4.79 Å². The van der Waals surface area contributed by atoms with E-state index in [0.717, 1.165) is 23.4 Å². The Hall–Kier alpha value is -1.22. The van der Waals surface area contributed by atoms with Crippen LogP contribution in [0.1, 0.15) is 39.7 Å². The molecule has 0 spiro atoms. The monoisotopic (exact) mass is 283 g/mol. The number of hydrogen-bond acceptors (Lipinski definition) is 2. The summed E-state index contributed by atoms with van der Waals surface area (Å²) >= 11 is 5.90. The van der Waals surface area contributed by atoms with E-state index in [4.69, 9.17) is 16.3 Å². The Morgan fingerprint density at radius 1 is 1.37 bits per heavy atom. The van der Waals surface area contributed by atoms with Crippen LogP contribution in [0.3, 0.4) is 0 Å². The highest BCUT2D eigenvalue weighted by atomic mass is 35.5. The van der Waals surface area contributed by atoms with Gasteiger partial charge in [0.15, 0.2) is 0 Å². The lowest BCUT2D eigenvalue weighted by Gasteiger charge is -2.22. The molecule has 4 heteroatoms. The van der Waals surface area contributed by atoms with E-state index >= 15 is 0 Å². The second kappa shape index (κ2) is 6.80. The van der Waals surface area contributed by atoms with Crippen molar-refractivity contribution in [3.8, 4) is 5.75 Å². The Bertz CT molecular complexity index is 444. The molecule has 19 heavy (non-hydrogen) atoms. The number of amides is 1. The maximum atomic E-state index is 12.1. The van der Waals surface area contributed by atoms with Crippen molar-refractivity contribution in [2.75, 3.05) is 11.9 Å². The lowest BCUT2D eigenvalue weighted by atomic mass is 9.89. The number of anilines is 1. The molecule has 0 bridgehead atoms. The molecule has 1 N–H and O–H groups in total. The molecule has 0 fully saturated rings. The van der Waals surface area contributed by atoms with E-state index in [1.807, 2.05) is 45.9 Å². The number of carbonyl (C=O) groups is 1. The summed E-state index contributed by atoms with van der Waals surface area (Å²) in [7, 11) is 0. The first-order valence-electron chi connectivity index (χ1n) is 6.57. The number of carbonyl (C=O) groups excluding carboxylic acids is 1. The number of benzene rings is 1. The van der Waals surface area contributed by atoms with Crippen LogP contribution in [0, 0.1) is 5.41 Å². The van der Waals surface area contributed by atoms with Gasteiger partial charge in [0.1, 0.15) is 5.75 Å². The van der Waals surface area contributed by atoms with Crippen molar-refractivity contribution in [1.29, 1.82) is 0 Å². The average Bonchev–Trinajstić information content (AvgIpc) is 2.40. The second-order valence-corrected chi connectivity index (χ2v) is 5.35. The number of alkyl halides is 1. The SMILES string of the molecule is CCOc1ccc(NC(=O)C(C)(C)CC)cc1CCl. The van der Waals surface area contributed by atoms with Gasteiger partial charge in [0.05, 0.1) is 12.5 Å². The zero-order chi connectivity index (χ0) is 14.5. The summed E-state index contributed by atoms with van der Waals surface area (Å²) in [5, 5.41) is 2.92. The van der Waals surface area contributed by atoms with Gasteiger partial charge in [-0.3, -0.25) is 4.79 Å². The zero-order valence-corrected chi connectivity index (χ0v) is 12.8. The molecule has 1 aromatic rings. The van der Waals surface area contributed by atoms with Crippen molar-refractivity contribution < 1.29 is 9.53 Å². The summed E-state index contributed by atoms with van der Waals surface area (Å²) in [4.78, 5) is 12.1. The molecule has 0 aromatic heterocycles. The average molecular weight is 284 g/mol. The molecule has 0 radical (unpaired) electrons. The minimum absolute atomic E-state index is 0.0136. The van der Waals surface area contributed by atoms with Crippen molar-refractivity contribution in [3.63, 3.8) is 0 Å². The highest BCUT2D eigenvalue weighted by molar-refractivity contribution is 6.17. The first kappa shape index (κ1) is 15.8. The smallest absolute Gasteiger partial charge is 0.230 e. The second-order valence-electron chi connectivity index (χ2n) is 5.08. The maximum Gasteiger partial charge on any atom is 0.230 e. The fourth-order valence-corrected chi connectivity index (χ4v) is 1.73. The summed E-state index contributed by atoms with van der Waals surface area (Å²) in [6, 6.07) is 5.54. The van der Waals surface area contributed by atoms with Crippen LogP contribution in [0.2, 0.25) is 0 Å². The fourth-order valence-electron chi connectivity index (χ4n) is 1.52. The molecule has 106 valence electrons. The van der Waals surface area contributed by atoms with E-state index in [-0.39, 0.29) is 11.3 Å². The van der Waals surface area contributed by atoms with Gasteiger partial charge in [-0.1, -0.05) is 20.8 Å². The van der Waals surface area contributed by atoms with E-state index in [1.165, 1.54) is 0 Å². The van der Waals surface area contributed by atoms with Crippen molar-refractivity contribution in [1.82, 2.24) is 0 Å². The molecule has 3 nitrogen and oxygen atoms in total. The predicted molar refractivity (Wildman–Crippen MR) is 79.9 cm³/mol. The standard InChI is InChI=1S/C15H22ClNO2/c1-5-15(3,4)14(18)17-12-7-8-13(19-6-2)11(9-12)10-16/h7-9H,5-6,10H2,1-4H3,(H,17,18). The minimum Gasteiger partial charge on any atom is -0.494 e. The first-order valence-corrected chi connectivity index (χ1v) is 7.11. The summed E-state index contributed by atoms with van der Waals surface area (Å²) in [5.74, 6) is 1.14. The van der Waals surface area contributed by atoms with Crippen molar-refractivity contribution in [2.24, 2.45) is 5.41 Å². The molecule has 0 atom stereocenters. The number of halogens is 1. The number of nitrogens with one attached hydrogen (secondary N) is 1. The van der Waals surface area contributed by atoms with E-state index < -0.39 is 0 Å². The molecular weight excluding hydrogens is 262 g/mol. The van der Waals surface area contributed by atoms with Gasteiger partial charge in [0, 0.05) is 16.7 Å². The molecule has 0 aliphatic rings. The third kappa shape index (κ3) is 4.13. The molecular formula is C15H22ClNO2. The van der Waals surface area contributed by atoms with Gasteiger partial charge in [0.25, 0.3) is 0 Å². The first-order chi connectivity index (χ1) is 8.94. The highest BCUT2D eigenvalue weighted by Gasteiger charge is 2.25. The Balaban J connectivity index is 2.89. The predicted octanol–water partition coefficient (Wildman–Crippen LogP) is 4.20. The normalized spacial score (nSPS) is 11.2. The summed E-state index contributed by atoms with van der Waals surface area (Å²) < 4.78 is 5.48. The molecule has 1 aromatic carbocycles. The van der Waals surface area contributed by atoms with Crippen LogP contribution >= 0.6 is 11.6 Å². The van der Waals surface area contributed by atoms with Crippen LogP contribution in [-0.2, 0) is 10.7 Å². The van der Waals surface area contributed by atoms with Crippen molar-refractivity contribution >= 4 is 23.2 Å². The van der Waals surface area contributed by atoms with Gasteiger partial charge in [-0.2, -0.15) is 0 Å². The minimum atomic E-state index is -0.375. The van der Waals surface area contributed by atoms with E-state index in [1.54, 1.807) is 0 Å². The van der Waals surface area contributed by atoms with Gasteiger partial charge in [-0.05, 0) is 31.5 Å². The third-order valence-electron chi connectivity index (χ3n) is 3.26. The molecule has 0 unspecified atom stereocenters. The lowest BCUT2D eigenvalue weighted by Crippen LogP contribution is -2.30. The van der Waals surface area contributed by atoms with Crippen LogP contribution in [0.15, 0.2) is 18.2 Å². The van der Waals surface area contributed by atoms with Gasteiger partial charge >= 0.3 is 0 Å². The Morgan fingerprint density at radius 3 is 2.58 bits per heavy atom. The molecule has 1 amide bonds. The van der Waals surface area contributed by atoms with Crippen LogP contribution in [0.25, 0.3) is 0 Å². The van der Waals surface area contributed by atoms with Crippen LogP contribution in [-0.4, -0.2) is 12.5 Å². The topological polar surface area (TPSA) is 38.3 Å². The Morgan fingerprint density at radius 2 is 2.05 bits per heavy atom. The molecule has 0 aliphatic heterocycles. The van der Waals surface area contributed by atoms with Crippen LogP contribution in [0.4, 0.5) is 5.69 Å². The quantitative estimate of drug-likeness (QED) is 0.795. The van der Waals surface area contributed by atoms with Gasteiger partial charge < -0.3 is 10.1 Å². The van der Waals surface area contributed by atoms with Crippen molar-refractivity contribution in [3.05, 3.63) is 23.8 Å². The fraction of sp³-hybridized carbons (Fsp3) is 0.533. The van der Waals surface area contributed by atoms with E-state index in [0.29, 0.717) is 12.5 Å². The number of rotatable bonds is 6. The number of hydrogen-bond donors (Lipinski definition) is 1. The van der Waals surface area contributed by atoms with Gasteiger partial charge in [0.2, 0.25) is 5.91 Å². The summed E-state index contributed by atoms with van der Waals surface area (Å²) in [6.45, 7) is 8.39. The lowest BCUT2D eigenvalue weighted by molar-refractivity contribution is -0.124. The third-order valence-corrected chi connectivity index (χ3v) is 3.55. The largest absolute Gasteiger partial charge is 0.494 e. The summed E-state index contributed by atoms with van der Waals surface area (Å²) in [6.07, 6.45) is 0.790. The zero-order valence-electron chi connectivity index (χ0n) is 12.0. The Labute approximate surface area is 120 Å².